The van der Waals surface area contributed by atoms with Gasteiger partial charge in [-0.1, -0.05) is 6.92 Å². The quantitative estimate of drug-likeness (QED) is 0.629. The van der Waals surface area contributed by atoms with Gasteiger partial charge in [-0.25, -0.2) is 13.9 Å². The van der Waals surface area contributed by atoms with Crippen LogP contribution in [0, 0.1) is 0 Å². The van der Waals surface area contributed by atoms with Gasteiger partial charge in [0.15, 0.2) is 6.04 Å². The lowest BCUT2D eigenvalue weighted by atomic mass is 10.2. The minimum absolute atomic E-state index is 0. The van der Waals surface area contributed by atoms with Crippen LogP contribution in [0.5, 0.6) is 0 Å². The summed E-state index contributed by atoms with van der Waals surface area (Å²) in [6.07, 6.45) is 6.10. The SMILES string of the molecule is CCC(C(=O)O)n1cc[n+](CC)c1.[Br-]. The lowest BCUT2D eigenvalue weighted by Gasteiger charge is -2.04. The van der Waals surface area contributed by atoms with Gasteiger partial charge >= 0.3 is 5.97 Å². The first kappa shape index (κ1) is 13.2. The van der Waals surface area contributed by atoms with Gasteiger partial charge < -0.3 is 22.1 Å². The molecule has 0 aliphatic rings. The number of aryl methyl sites for hydroxylation is 1. The maximum Gasteiger partial charge on any atom is 0.349 e. The van der Waals surface area contributed by atoms with E-state index in [1.165, 1.54) is 0 Å². The molecule has 80 valence electrons. The Bertz CT molecular complexity index is 299. The first-order valence-electron chi connectivity index (χ1n) is 4.48. The molecule has 1 rings (SSSR count). The topological polar surface area (TPSA) is 46.1 Å². The van der Waals surface area contributed by atoms with Crippen LogP contribution in [-0.2, 0) is 11.3 Å². The minimum atomic E-state index is -0.777. The standard InChI is InChI=1S/C9H14N2O2.BrH/c1-3-8(9(12)13)11-6-5-10(4-2)7-11;/h5-8H,3-4H2,1-2H3;1H. The van der Waals surface area contributed by atoms with Gasteiger partial charge in [-0.3, -0.25) is 0 Å². The zero-order chi connectivity index (χ0) is 9.84. The average Bonchev–Trinajstić information content (AvgIpc) is 2.53. The maximum absolute atomic E-state index is 10.8. The predicted molar refractivity (Wildman–Crippen MR) is 47.3 cm³/mol. The second-order valence-electron chi connectivity index (χ2n) is 2.95. The number of carboxylic acid groups (broad SMARTS) is 1. The highest BCUT2D eigenvalue weighted by molar-refractivity contribution is 5.71. The predicted octanol–water partition coefficient (Wildman–Crippen LogP) is -2.16. The summed E-state index contributed by atoms with van der Waals surface area (Å²) < 4.78 is 3.68. The molecule has 0 bridgehead atoms. The largest absolute Gasteiger partial charge is 1.00 e. The fourth-order valence-corrected chi connectivity index (χ4v) is 1.30. The van der Waals surface area contributed by atoms with Crippen molar-refractivity contribution in [3.8, 4) is 0 Å². The first-order valence-corrected chi connectivity index (χ1v) is 4.48. The molecule has 0 aliphatic heterocycles. The summed E-state index contributed by atoms with van der Waals surface area (Å²) in [6.45, 7) is 4.75. The van der Waals surface area contributed by atoms with Crippen LogP contribution in [0.15, 0.2) is 18.7 Å². The van der Waals surface area contributed by atoms with Gasteiger partial charge in [-0.05, 0) is 13.3 Å². The highest BCUT2D eigenvalue weighted by atomic mass is 79.9. The lowest BCUT2D eigenvalue weighted by molar-refractivity contribution is -0.693. The number of carbonyl (C=O) groups is 1. The van der Waals surface area contributed by atoms with E-state index in [4.69, 9.17) is 5.11 Å². The summed E-state index contributed by atoms with van der Waals surface area (Å²) in [4.78, 5) is 10.8. The molecular weight excluding hydrogens is 248 g/mol. The number of hydrogen-bond acceptors (Lipinski definition) is 1. The van der Waals surface area contributed by atoms with Crippen LogP contribution in [-0.4, -0.2) is 15.6 Å². The Morgan fingerprint density at radius 1 is 1.57 bits per heavy atom. The van der Waals surface area contributed by atoms with Gasteiger partial charge in [-0.2, -0.15) is 0 Å². The summed E-state index contributed by atoms with van der Waals surface area (Å²) >= 11 is 0. The van der Waals surface area contributed by atoms with Crippen LogP contribution < -0.4 is 21.5 Å². The molecule has 0 saturated carbocycles. The molecule has 0 aromatic carbocycles. The molecule has 1 aromatic rings. The van der Waals surface area contributed by atoms with E-state index in [1.807, 2.05) is 30.9 Å². The third kappa shape index (κ3) is 2.83. The van der Waals surface area contributed by atoms with E-state index in [-0.39, 0.29) is 17.0 Å². The fraction of sp³-hybridized carbons (Fsp3) is 0.556. The van der Waals surface area contributed by atoms with Crippen LogP contribution in [0.25, 0.3) is 0 Å². The zero-order valence-corrected chi connectivity index (χ0v) is 9.94. The Morgan fingerprint density at radius 2 is 2.21 bits per heavy atom. The van der Waals surface area contributed by atoms with E-state index in [1.54, 1.807) is 10.8 Å². The molecule has 1 unspecified atom stereocenters. The minimum Gasteiger partial charge on any atom is -1.00 e. The number of aliphatic carboxylic acids is 1. The van der Waals surface area contributed by atoms with Crippen molar-refractivity contribution in [3.63, 3.8) is 0 Å². The summed E-state index contributed by atoms with van der Waals surface area (Å²) in [5.41, 5.74) is 0. The highest BCUT2D eigenvalue weighted by Crippen LogP contribution is 2.09. The Balaban J connectivity index is 0.00000169. The van der Waals surface area contributed by atoms with Crippen molar-refractivity contribution in [1.82, 2.24) is 4.57 Å². The molecule has 1 aromatic heterocycles. The van der Waals surface area contributed by atoms with E-state index in [0.29, 0.717) is 6.42 Å². The third-order valence-electron chi connectivity index (χ3n) is 2.11. The van der Waals surface area contributed by atoms with Gasteiger partial charge in [0.2, 0.25) is 6.33 Å². The van der Waals surface area contributed by atoms with Crippen LogP contribution in [0.4, 0.5) is 0 Å². The summed E-state index contributed by atoms with van der Waals surface area (Å²) in [6, 6.07) is -0.437. The third-order valence-corrected chi connectivity index (χ3v) is 2.11. The van der Waals surface area contributed by atoms with Crippen molar-refractivity contribution in [1.29, 1.82) is 0 Å². The van der Waals surface area contributed by atoms with E-state index >= 15 is 0 Å². The number of nitrogens with zero attached hydrogens (tertiary/aromatic N) is 2. The van der Waals surface area contributed by atoms with Crippen molar-refractivity contribution in [2.75, 3.05) is 0 Å². The Morgan fingerprint density at radius 3 is 2.57 bits per heavy atom. The molecular formula is C9H15BrN2O2. The van der Waals surface area contributed by atoms with Gasteiger partial charge in [0.05, 0.1) is 6.54 Å². The molecule has 0 spiro atoms. The Hall–Kier alpha value is -0.840. The number of aromatic nitrogens is 2. The number of carboxylic acids is 1. The molecule has 0 radical (unpaired) electrons. The number of hydrogen-bond donors (Lipinski definition) is 1. The molecule has 14 heavy (non-hydrogen) atoms. The average molecular weight is 263 g/mol. The summed E-state index contributed by atoms with van der Waals surface area (Å²) in [7, 11) is 0. The lowest BCUT2D eigenvalue weighted by Crippen LogP contribution is -3.00. The highest BCUT2D eigenvalue weighted by Gasteiger charge is 2.21. The zero-order valence-electron chi connectivity index (χ0n) is 8.35. The van der Waals surface area contributed by atoms with Crippen molar-refractivity contribution in [3.05, 3.63) is 18.7 Å². The van der Waals surface area contributed by atoms with E-state index < -0.39 is 12.0 Å². The number of imidazole rings is 1. The van der Waals surface area contributed by atoms with Crippen LogP contribution in [0.3, 0.4) is 0 Å². The van der Waals surface area contributed by atoms with E-state index in [9.17, 15) is 4.79 Å². The van der Waals surface area contributed by atoms with Crippen molar-refractivity contribution >= 4 is 5.97 Å². The van der Waals surface area contributed by atoms with Crippen LogP contribution >= 0.6 is 0 Å². The van der Waals surface area contributed by atoms with Gasteiger partial charge in [0, 0.05) is 0 Å². The van der Waals surface area contributed by atoms with Gasteiger partial charge in [0.25, 0.3) is 0 Å². The first-order chi connectivity index (χ1) is 6.19. The molecule has 5 heteroatoms. The molecule has 0 amide bonds. The summed E-state index contributed by atoms with van der Waals surface area (Å²) in [5, 5.41) is 8.88. The normalized spacial score (nSPS) is 11.9. The van der Waals surface area contributed by atoms with Gasteiger partial charge in [0.1, 0.15) is 12.4 Å². The molecule has 4 nitrogen and oxygen atoms in total. The Labute approximate surface area is 93.9 Å². The molecule has 1 heterocycles. The van der Waals surface area contributed by atoms with Crippen molar-refractivity contribution in [2.24, 2.45) is 0 Å². The second-order valence-corrected chi connectivity index (χ2v) is 2.95. The van der Waals surface area contributed by atoms with Gasteiger partial charge in [-0.15, -0.1) is 0 Å². The number of rotatable bonds is 4. The molecule has 0 fully saturated rings. The van der Waals surface area contributed by atoms with Crippen molar-refractivity contribution < 1.29 is 31.4 Å². The van der Waals surface area contributed by atoms with Crippen molar-refractivity contribution in [2.45, 2.75) is 32.9 Å². The second kappa shape index (κ2) is 5.80. The maximum atomic E-state index is 10.8. The molecule has 1 N–H and O–H groups in total. The van der Waals surface area contributed by atoms with Crippen LogP contribution in [0.2, 0.25) is 0 Å². The molecule has 0 aliphatic carbocycles. The van der Waals surface area contributed by atoms with Crippen LogP contribution in [0.1, 0.15) is 26.3 Å². The Kier molecular flexibility index (Phi) is 5.45. The monoisotopic (exact) mass is 262 g/mol. The smallest absolute Gasteiger partial charge is 0.349 e. The summed E-state index contributed by atoms with van der Waals surface area (Å²) in [5.74, 6) is -0.777. The van der Waals surface area contributed by atoms with E-state index in [0.717, 1.165) is 6.54 Å². The molecule has 1 atom stereocenters. The number of halogens is 1. The van der Waals surface area contributed by atoms with E-state index in [2.05, 4.69) is 0 Å². The fourth-order valence-electron chi connectivity index (χ4n) is 1.30. The molecule has 0 saturated heterocycles.